The van der Waals surface area contributed by atoms with Gasteiger partial charge in [0.25, 0.3) is 5.56 Å². The summed E-state index contributed by atoms with van der Waals surface area (Å²) in [5, 5.41) is 11.3. The molecule has 144 valence electrons. The first-order valence-corrected chi connectivity index (χ1v) is 9.20. The highest BCUT2D eigenvalue weighted by molar-refractivity contribution is 6.31. The van der Waals surface area contributed by atoms with Crippen LogP contribution in [0.4, 0.5) is 5.82 Å². The second kappa shape index (κ2) is 7.41. The predicted octanol–water partition coefficient (Wildman–Crippen LogP) is 4.60. The van der Waals surface area contributed by atoms with E-state index in [0.717, 1.165) is 10.2 Å². The van der Waals surface area contributed by atoms with Crippen molar-refractivity contribution in [3.8, 4) is 11.1 Å². The van der Waals surface area contributed by atoms with Crippen LogP contribution in [-0.4, -0.2) is 20.7 Å². The lowest BCUT2D eigenvalue weighted by Crippen LogP contribution is -2.32. The highest BCUT2D eigenvalue weighted by Crippen LogP contribution is 2.32. The maximum atomic E-state index is 13.2. The first kappa shape index (κ1) is 18.7. The monoisotopic (exact) mass is 405 g/mol. The molecular weight excluding hydrogens is 390 g/mol. The van der Waals surface area contributed by atoms with E-state index in [1.807, 2.05) is 31.2 Å². The zero-order chi connectivity index (χ0) is 20.5. The van der Waals surface area contributed by atoms with Crippen molar-refractivity contribution >= 4 is 34.2 Å². The number of aromatic nitrogens is 2. The molecule has 0 saturated carbocycles. The van der Waals surface area contributed by atoms with Gasteiger partial charge in [-0.1, -0.05) is 47.5 Å². The van der Waals surface area contributed by atoms with E-state index in [-0.39, 0.29) is 5.69 Å². The molecule has 6 nitrogen and oxygen atoms in total. The lowest BCUT2D eigenvalue weighted by Gasteiger charge is -2.18. The maximum absolute atomic E-state index is 13.2. The molecule has 0 fully saturated rings. The van der Waals surface area contributed by atoms with Gasteiger partial charge in [0, 0.05) is 22.2 Å². The van der Waals surface area contributed by atoms with Crippen molar-refractivity contribution in [2.24, 2.45) is 0 Å². The Hall–Kier alpha value is -3.64. The Bertz CT molecular complexity index is 1280. The molecule has 0 saturated heterocycles. The normalized spacial score (nSPS) is 10.8. The topological polar surface area (TPSA) is 84.2 Å². The summed E-state index contributed by atoms with van der Waals surface area (Å²) in [5.41, 5.74) is 4.23. The third-order valence-electron chi connectivity index (χ3n) is 4.58. The van der Waals surface area contributed by atoms with Gasteiger partial charge in [-0.2, -0.15) is 0 Å². The number of rotatable bonds is 4. The van der Waals surface area contributed by atoms with Crippen molar-refractivity contribution < 1.29 is 9.90 Å². The van der Waals surface area contributed by atoms with Gasteiger partial charge >= 0.3 is 5.97 Å². The molecule has 0 spiro atoms. The summed E-state index contributed by atoms with van der Waals surface area (Å²) in [4.78, 5) is 29.6. The standard InChI is InChI=1S/C22H16ClN3O3/c1-13-5-7-14(8-6-13)19-17-12-15(23)9-10-16(17)21(27)26(20(19)22(28)29)25-18-4-2-3-11-24-18/h2-12H,1H3,(H,24,25)(H,28,29). The lowest BCUT2D eigenvalue weighted by atomic mass is 9.96. The van der Waals surface area contributed by atoms with E-state index >= 15 is 0 Å². The van der Waals surface area contributed by atoms with Crippen LogP contribution in [0.1, 0.15) is 16.1 Å². The average Bonchev–Trinajstić information content (AvgIpc) is 2.71. The number of aromatic carboxylic acids is 1. The Labute approximate surface area is 171 Å². The minimum atomic E-state index is -1.25. The van der Waals surface area contributed by atoms with E-state index in [1.165, 1.54) is 0 Å². The van der Waals surface area contributed by atoms with E-state index in [1.54, 1.807) is 42.6 Å². The van der Waals surface area contributed by atoms with Gasteiger partial charge in [0.1, 0.15) is 5.82 Å². The highest BCUT2D eigenvalue weighted by Gasteiger charge is 2.23. The number of hydrogen-bond acceptors (Lipinski definition) is 4. The molecule has 0 radical (unpaired) electrons. The number of carboxylic acid groups (broad SMARTS) is 1. The summed E-state index contributed by atoms with van der Waals surface area (Å²) in [6.45, 7) is 1.94. The first-order valence-electron chi connectivity index (χ1n) is 8.82. The van der Waals surface area contributed by atoms with Crippen LogP contribution in [0, 0.1) is 6.92 Å². The first-order chi connectivity index (χ1) is 14.0. The molecular formula is C22H16ClN3O3. The van der Waals surface area contributed by atoms with Crippen molar-refractivity contribution in [2.45, 2.75) is 6.92 Å². The van der Waals surface area contributed by atoms with Crippen LogP contribution in [0.15, 0.2) is 71.7 Å². The van der Waals surface area contributed by atoms with E-state index in [2.05, 4.69) is 10.4 Å². The maximum Gasteiger partial charge on any atom is 0.355 e. The molecule has 0 aliphatic carbocycles. The zero-order valence-electron chi connectivity index (χ0n) is 15.4. The third kappa shape index (κ3) is 3.46. The average molecular weight is 406 g/mol. The fraction of sp³-hybridized carbons (Fsp3) is 0.0455. The van der Waals surface area contributed by atoms with Crippen LogP contribution in [0.3, 0.4) is 0 Å². The Morgan fingerprint density at radius 3 is 2.48 bits per heavy atom. The van der Waals surface area contributed by atoms with Crippen LogP contribution in [0.2, 0.25) is 5.02 Å². The SMILES string of the molecule is Cc1ccc(-c2c(C(=O)O)n(Nc3ccccn3)c(=O)c3ccc(Cl)cc23)cc1. The van der Waals surface area contributed by atoms with Crippen molar-refractivity contribution in [3.05, 3.63) is 93.5 Å². The van der Waals surface area contributed by atoms with E-state index in [0.29, 0.717) is 32.7 Å². The minimum Gasteiger partial charge on any atom is -0.476 e. The number of nitrogens with one attached hydrogen (secondary N) is 1. The van der Waals surface area contributed by atoms with E-state index in [4.69, 9.17) is 11.6 Å². The fourth-order valence-corrected chi connectivity index (χ4v) is 3.41. The number of fused-ring (bicyclic) bond motifs is 1. The van der Waals surface area contributed by atoms with Gasteiger partial charge in [-0.05, 0) is 48.2 Å². The Morgan fingerprint density at radius 2 is 1.83 bits per heavy atom. The summed E-state index contributed by atoms with van der Waals surface area (Å²) in [5.74, 6) is -0.900. The van der Waals surface area contributed by atoms with Crippen LogP contribution in [0.25, 0.3) is 21.9 Å². The van der Waals surface area contributed by atoms with Crippen molar-refractivity contribution in [3.63, 3.8) is 0 Å². The molecule has 2 N–H and O–H groups in total. The molecule has 2 aromatic heterocycles. The zero-order valence-corrected chi connectivity index (χ0v) is 16.1. The number of carbonyl (C=O) groups is 1. The Kier molecular flexibility index (Phi) is 4.78. The number of hydrogen-bond donors (Lipinski definition) is 2. The quantitative estimate of drug-likeness (QED) is 0.518. The van der Waals surface area contributed by atoms with Crippen molar-refractivity contribution in [2.75, 3.05) is 5.43 Å². The summed E-state index contributed by atoms with van der Waals surface area (Å²) in [6, 6.07) is 17.4. The Morgan fingerprint density at radius 1 is 1.07 bits per heavy atom. The largest absolute Gasteiger partial charge is 0.476 e. The van der Waals surface area contributed by atoms with Gasteiger partial charge in [0.15, 0.2) is 5.69 Å². The number of nitrogens with zero attached hydrogens (tertiary/aromatic N) is 2. The van der Waals surface area contributed by atoms with Gasteiger partial charge < -0.3 is 5.11 Å². The van der Waals surface area contributed by atoms with Gasteiger partial charge in [0.05, 0.1) is 0 Å². The van der Waals surface area contributed by atoms with Crippen molar-refractivity contribution in [1.29, 1.82) is 0 Å². The van der Waals surface area contributed by atoms with E-state index < -0.39 is 11.5 Å². The number of carboxylic acids is 1. The number of benzene rings is 2. The number of anilines is 1. The fourth-order valence-electron chi connectivity index (χ4n) is 3.24. The summed E-state index contributed by atoms with van der Waals surface area (Å²) >= 11 is 6.18. The molecule has 4 rings (SSSR count). The molecule has 2 aromatic carbocycles. The van der Waals surface area contributed by atoms with Gasteiger partial charge in [-0.15, -0.1) is 0 Å². The number of aryl methyl sites for hydroxylation is 1. The molecule has 0 unspecified atom stereocenters. The van der Waals surface area contributed by atoms with Crippen molar-refractivity contribution in [1.82, 2.24) is 9.66 Å². The summed E-state index contributed by atoms with van der Waals surface area (Å²) in [6.07, 6.45) is 1.55. The Balaban J connectivity index is 2.12. The van der Waals surface area contributed by atoms with Gasteiger partial charge in [0.2, 0.25) is 0 Å². The van der Waals surface area contributed by atoms with Gasteiger partial charge in [-0.25, -0.2) is 14.5 Å². The van der Waals surface area contributed by atoms with Crippen LogP contribution < -0.4 is 11.0 Å². The van der Waals surface area contributed by atoms with Gasteiger partial charge in [-0.3, -0.25) is 10.2 Å². The highest BCUT2D eigenvalue weighted by atomic mass is 35.5. The molecule has 29 heavy (non-hydrogen) atoms. The summed E-state index contributed by atoms with van der Waals surface area (Å²) in [7, 11) is 0. The smallest absolute Gasteiger partial charge is 0.355 e. The minimum absolute atomic E-state index is 0.195. The lowest BCUT2D eigenvalue weighted by molar-refractivity contribution is 0.0687. The van der Waals surface area contributed by atoms with Crippen LogP contribution >= 0.6 is 11.6 Å². The second-order valence-corrected chi connectivity index (χ2v) is 6.99. The molecule has 0 aliphatic rings. The number of pyridine rings is 2. The third-order valence-corrected chi connectivity index (χ3v) is 4.81. The molecule has 2 heterocycles. The summed E-state index contributed by atoms with van der Waals surface area (Å²) < 4.78 is 1.02. The molecule has 0 aliphatic heterocycles. The molecule has 0 amide bonds. The predicted molar refractivity (Wildman–Crippen MR) is 114 cm³/mol. The van der Waals surface area contributed by atoms with E-state index in [9.17, 15) is 14.7 Å². The second-order valence-electron chi connectivity index (χ2n) is 6.55. The van der Waals surface area contributed by atoms with Crippen LogP contribution in [-0.2, 0) is 0 Å². The molecule has 0 bridgehead atoms. The molecule has 0 atom stereocenters. The molecule has 4 aromatic rings. The van der Waals surface area contributed by atoms with Crippen LogP contribution in [0.5, 0.6) is 0 Å². The number of halogens is 1. The molecule has 7 heteroatoms.